The van der Waals surface area contributed by atoms with Crippen molar-refractivity contribution in [3.8, 4) is 23.0 Å². The van der Waals surface area contributed by atoms with Gasteiger partial charge in [-0.15, -0.1) is 10.2 Å². The zero-order valence-corrected chi connectivity index (χ0v) is 17.0. The minimum absolute atomic E-state index is 0.0591. The highest BCUT2D eigenvalue weighted by atomic mass is 19.1. The molecule has 31 heavy (non-hydrogen) atoms. The molecule has 1 saturated heterocycles. The van der Waals surface area contributed by atoms with Gasteiger partial charge >= 0.3 is 0 Å². The second kappa shape index (κ2) is 8.03. The van der Waals surface area contributed by atoms with Crippen LogP contribution in [0.1, 0.15) is 24.2 Å². The third-order valence-corrected chi connectivity index (χ3v) is 6.02. The number of phenols is 2. The molecule has 8 heteroatoms. The van der Waals surface area contributed by atoms with Gasteiger partial charge in [-0.25, -0.2) is 4.39 Å². The molecule has 1 fully saturated rings. The normalized spacial score (nSPS) is 15.6. The van der Waals surface area contributed by atoms with Crippen molar-refractivity contribution in [1.29, 1.82) is 0 Å². The lowest BCUT2D eigenvalue weighted by Gasteiger charge is -2.31. The van der Waals surface area contributed by atoms with Crippen molar-refractivity contribution in [1.82, 2.24) is 25.1 Å². The molecule has 4 N–H and O–H groups in total. The number of aromatic amines is 2. The Labute approximate surface area is 178 Å². The molecular formula is C23H24FN5O2. The highest BCUT2D eigenvalue weighted by Crippen LogP contribution is 2.29. The first kappa shape index (κ1) is 19.6. The molecule has 2 aromatic carbocycles. The van der Waals surface area contributed by atoms with E-state index in [2.05, 4.69) is 25.1 Å². The predicted molar refractivity (Wildman–Crippen MR) is 115 cm³/mol. The summed E-state index contributed by atoms with van der Waals surface area (Å²) in [7, 11) is 0. The number of rotatable bonds is 5. The van der Waals surface area contributed by atoms with Gasteiger partial charge in [0.05, 0.1) is 12.2 Å². The van der Waals surface area contributed by atoms with Crippen molar-refractivity contribution in [3.63, 3.8) is 0 Å². The largest absolute Gasteiger partial charge is 0.504 e. The van der Waals surface area contributed by atoms with Crippen molar-refractivity contribution in [3.05, 3.63) is 59.7 Å². The molecule has 0 unspecified atom stereocenters. The zero-order chi connectivity index (χ0) is 21.4. The summed E-state index contributed by atoms with van der Waals surface area (Å²) in [5.74, 6) is 1.61. The van der Waals surface area contributed by atoms with Crippen molar-refractivity contribution in [2.45, 2.75) is 25.8 Å². The summed E-state index contributed by atoms with van der Waals surface area (Å²) in [6, 6.07) is 11.6. The molecule has 0 aliphatic carbocycles. The third kappa shape index (κ3) is 4.25. The Morgan fingerprint density at radius 3 is 2.61 bits per heavy atom. The highest BCUT2D eigenvalue weighted by molar-refractivity contribution is 5.84. The summed E-state index contributed by atoms with van der Waals surface area (Å²) in [6.07, 6.45) is 3.03. The summed E-state index contributed by atoms with van der Waals surface area (Å²) in [4.78, 5) is 8.88. The number of nitrogens with zero attached hydrogens (tertiary/aromatic N) is 3. The quantitative estimate of drug-likeness (QED) is 0.366. The number of hydrogen-bond acceptors (Lipinski definition) is 5. The average molecular weight is 421 g/mol. The van der Waals surface area contributed by atoms with E-state index in [0.29, 0.717) is 18.3 Å². The van der Waals surface area contributed by atoms with Gasteiger partial charge in [0, 0.05) is 10.9 Å². The van der Waals surface area contributed by atoms with E-state index < -0.39 is 0 Å². The van der Waals surface area contributed by atoms with E-state index in [1.54, 1.807) is 18.2 Å². The van der Waals surface area contributed by atoms with Gasteiger partial charge in [-0.1, -0.05) is 6.07 Å². The van der Waals surface area contributed by atoms with E-state index in [-0.39, 0.29) is 17.3 Å². The number of likely N-dealkylation sites (tertiary alicyclic amines) is 1. The second-order valence-electron chi connectivity index (χ2n) is 8.28. The van der Waals surface area contributed by atoms with E-state index in [4.69, 9.17) is 0 Å². The zero-order valence-electron chi connectivity index (χ0n) is 17.0. The van der Waals surface area contributed by atoms with Crippen LogP contribution in [0.4, 0.5) is 4.39 Å². The molecule has 5 rings (SSSR count). The SMILES string of the molecule is Oc1ccc(CC2CCN(Cc3nnc(-c4cc5cc(F)ccc5[nH]4)[nH]3)CC2)cc1O. The Morgan fingerprint density at radius 2 is 1.81 bits per heavy atom. The lowest BCUT2D eigenvalue weighted by atomic mass is 9.90. The monoisotopic (exact) mass is 421 g/mol. The topological polar surface area (TPSA) is 101 Å². The van der Waals surface area contributed by atoms with Gasteiger partial charge in [-0.2, -0.15) is 0 Å². The molecule has 1 aliphatic rings. The molecule has 0 saturated carbocycles. The number of phenolic OH excluding ortho intramolecular Hbond substituents is 2. The van der Waals surface area contributed by atoms with Gasteiger partial charge < -0.3 is 20.2 Å². The van der Waals surface area contributed by atoms with Crippen LogP contribution in [0.25, 0.3) is 22.4 Å². The molecular weight excluding hydrogens is 397 g/mol. The molecule has 3 heterocycles. The summed E-state index contributed by atoms with van der Waals surface area (Å²) >= 11 is 0. The fraction of sp³-hybridized carbons (Fsp3) is 0.304. The van der Waals surface area contributed by atoms with Gasteiger partial charge in [0.15, 0.2) is 17.3 Å². The van der Waals surface area contributed by atoms with Crippen molar-refractivity contribution < 1.29 is 14.6 Å². The van der Waals surface area contributed by atoms with Crippen molar-refractivity contribution in [2.24, 2.45) is 5.92 Å². The van der Waals surface area contributed by atoms with E-state index in [9.17, 15) is 14.6 Å². The number of H-pyrrole nitrogens is 2. The van der Waals surface area contributed by atoms with Crippen LogP contribution in [0.5, 0.6) is 11.5 Å². The number of nitrogens with one attached hydrogen (secondary N) is 2. The van der Waals surface area contributed by atoms with Gasteiger partial charge in [0.2, 0.25) is 0 Å². The van der Waals surface area contributed by atoms with Crippen molar-refractivity contribution in [2.75, 3.05) is 13.1 Å². The molecule has 1 aliphatic heterocycles. The Bertz CT molecular complexity index is 1210. The van der Waals surface area contributed by atoms with Gasteiger partial charge in [0.25, 0.3) is 0 Å². The molecule has 4 aromatic rings. The van der Waals surface area contributed by atoms with Crippen LogP contribution < -0.4 is 0 Å². The van der Waals surface area contributed by atoms with Crippen LogP contribution in [0.2, 0.25) is 0 Å². The molecule has 0 atom stereocenters. The predicted octanol–water partition coefficient (Wildman–Crippen LogP) is 3.96. The lowest BCUT2D eigenvalue weighted by Crippen LogP contribution is -2.34. The van der Waals surface area contributed by atoms with E-state index >= 15 is 0 Å². The molecule has 0 bridgehead atoms. The third-order valence-electron chi connectivity index (χ3n) is 6.02. The van der Waals surface area contributed by atoms with Gasteiger partial charge in [-0.05, 0) is 80.2 Å². The molecule has 0 spiro atoms. The summed E-state index contributed by atoms with van der Waals surface area (Å²) < 4.78 is 13.4. The van der Waals surface area contributed by atoms with Crippen LogP contribution in [-0.2, 0) is 13.0 Å². The number of piperidine rings is 1. The Kier molecular flexibility index (Phi) is 5.07. The molecule has 0 radical (unpaired) electrons. The summed E-state index contributed by atoms with van der Waals surface area (Å²) in [5, 5.41) is 28.5. The maximum atomic E-state index is 13.4. The van der Waals surface area contributed by atoms with Crippen LogP contribution in [0.3, 0.4) is 0 Å². The highest BCUT2D eigenvalue weighted by Gasteiger charge is 2.21. The maximum Gasteiger partial charge on any atom is 0.177 e. The maximum absolute atomic E-state index is 13.4. The number of aromatic nitrogens is 4. The van der Waals surface area contributed by atoms with Crippen LogP contribution in [0, 0.1) is 11.7 Å². The van der Waals surface area contributed by atoms with E-state index in [1.807, 2.05) is 12.1 Å². The van der Waals surface area contributed by atoms with Gasteiger partial charge in [-0.3, -0.25) is 4.90 Å². The number of aromatic hydroxyl groups is 2. The Balaban J connectivity index is 1.18. The Hall–Kier alpha value is -3.39. The lowest BCUT2D eigenvalue weighted by molar-refractivity contribution is 0.173. The van der Waals surface area contributed by atoms with Gasteiger partial charge in [0.1, 0.15) is 11.6 Å². The standard InChI is InChI=1S/C23H24FN5O2/c24-17-2-3-18-16(11-17)12-19(25-18)23-26-22(27-28-23)13-29-7-5-14(6-8-29)9-15-1-4-20(30)21(31)10-15/h1-4,10-12,14,25,30-31H,5-9,13H2,(H,26,27,28). The molecule has 7 nitrogen and oxygen atoms in total. The van der Waals surface area contributed by atoms with Crippen LogP contribution in [0.15, 0.2) is 42.5 Å². The summed E-state index contributed by atoms with van der Waals surface area (Å²) in [6.45, 7) is 2.64. The fourth-order valence-electron chi connectivity index (χ4n) is 4.31. The molecule has 0 amide bonds. The molecule has 160 valence electrons. The van der Waals surface area contributed by atoms with Crippen LogP contribution >= 0.6 is 0 Å². The van der Waals surface area contributed by atoms with E-state index in [0.717, 1.165) is 60.3 Å². The van der Waals surface area contributed by atoms with Crippen LogP contribution in [-0.4, -0.2) is 48.4 Å². The van der Waals surface area contributed by atoms with Crippen molar-refractivity contribution >= 4 is 10.9 Å². The summed E-state index contributed by atoms with van der Waals surface area (Å²) in [5.41, 5.74) is 2.69. The number of benzene rings is 2. The smallest absolute Gasteiger partial charge is 0.177 e. The number of hydrogen-bond donors (Lipinski definition) is 4. The minimum Gasteiger partial charge on any atom is -0.504 e. The van der Waals surface area contributed by atoms with E-state index in [1.165, 1.54) is 12.1 Å². The number of halogens is 1. The average Bonchev–Trinajstić information content (AvgIpc) is 3.38. The molecule has 2 aromatic heterocycles. The first-order chi connectivity index (χ1) is 15.0. The fourth-order valence-corrected chi connectivity index (χ4v) is 4.31. The first-order valence-electron chi connectivity index (χ1n) is 10.5. The second-order valence-corrected chi connectivity index (χ2v) is 8.28. The minimum atomic E-state index is -0.262. The first-order valence-corrected chi connectivity index (χ1v) is 10.5. The Morgan fingerprint density at radius 1 is 0.968 bits per heavy atom. The number of fused-ring (bicyclic) bond motifs is 1.